The van der Waals surface area contributed by atoms with Crippen LogP contribution in [0.3, 0.4) is 0 Å². The summed E-state index contributed by atoms with van der Waals surface area (Å²) in [5, 5.41) is 0. The van der Waals surface area contributed by atoms with Crippen molar-refractivity contribution in [2.45, 2.75) is 19.8 Å². The van der Waals surface area contributed by atoms with E-state index in [1.54, 1.807) is 0 Å². The largest absolute Gasteiger partial charge is 0.0861 e. The minimum absolute atomic E-state index is 1.04. The van der Waals surface area contributed by atoms with Crippen molar-refractivity contribution in [2.75, 3.05) is 4.43 Å². The molecule has 0 aliphatic heterocycles. The van der Waals surface area contributed by atoms with Gasteiger partial charge in [0.1, 0.15) is 0 Å². The average Bonchev–Trinajstić information content (AvgIpc) is 1.65. The van der Waals surface area contributed by atoms with Crippen LogP contribution in [0.1, 0.15) is 19.8 Å². The molecule has 42 valence electrons. The molecule has 1 saturated carbocycles. The predicted octanol–water partition coefficient (Wildman–Crippen LogP) is 2.47. The second-order valence-electron chi connectivity index (χ2n) is 2.47. The molecule has 0 radical (unpaired) electrons. The Morgan fingerprint density at radius 1 is 1.57 bits per heavy atom. The monoisotopic (exact) mass is 210 g/mol. The van der Waals surface area contributed by atoms with E-state index in [4.69, 9.17) is 0 Å². The van der Waals surface area contributed by atoms with Gasteiger partial charge in [-0.25, -0.2) is 0 Å². The highest BCUT2D eigenvalue weighted by atomic mass is 127. The van der Waals surface area contributed by atoms with Gasteiger partial charge in [0.05, 0.1) is 0 Å². The third-order valence-corrected chi connectivity index (χ3v) is 3.13. The fourth-order valence-electron chi connectivity index (χ4n) is 0.965. The standard InChI is InChI=1S/C6H11I/c1-5-2-3-6(5)4-7/h5-6H,2-4H2,1H3/t5-,6-/m0/s1. The first-order chi connectivity index (χ1) is 3.34. The van der Waals surface area contributed by atoms with Crippen LogP contribution in [-0.4, -0.2) is 4.43 Å². The second kappa shape index (κ2) is 2.33. The lowest BCUT2D eigenvalue weighted by Crippen LogP contribution is -2.23. The van der Waals surface area contributed by atoms with Gasteiger partial charge in [-0.2, -0.15) is 0 Å². The molecule has 1 heteroatoms. The van der Waals surface area contributed by atoms with Crippen molar-refractivity contribution in [2.24, 2.45) is 11.8 Å². The molecule has 1 rings (SSSR count). The Hall–Kier alpha value is 0.730. The minimum Gasteiger partial charge on any atom is -0.0861 e. The van der Waals surface area contributed by atoms with Gasteiger partial charge in [0.15, 0.2) is 0 Å². The lowest BCUT2D eigenvalue weighted by molar-refractivity contribution is 0.228. The highest BCUT2D eigenvalue weighted by Gasteiger charge is 2.24. The molecule has 1 aliphatic rings. The fourth-order valence-corrected chi connectivity index (χ4v) is 2.27. The first-order valence-electron chi connectivity index (χ1n) is 2.90. The van der Waals surface area contributed by atoms with Gasteiger partial charge in [-0.3, -0.25) is 0 Å². The molecule has 0 saturated heterocycles. The average molecular weight is 210 g/mol. The van der Waals surface area contributed by atoms with Crippen molar-refractivity contribution >= 4 is 22.6 Å². The third-order valence-electron chi connectivity index (χ3n) is 2.00. The molecule has 0 aromatic rings. The van der Waals surface area contributed by atoms with E-state index < -0.39 is 0 Å². The lowest BCUT2D eigenvalue weighted by Gasteiger charge is -2.31. The smallest absolute Gasteiger partial charge is 0.00262 e. The summed E-state index contributed by atoms with van der Waals surface area (Å²) in [4.78, 5) is 0. The van der Waals surface area contributed by atoms with Crippen LogP contribution in [0.2, 0.25) is 0 Å². The summed E-state index contributed by atoms with van der Waals surface area (Å²) in [6, 6.07) is 0. The SMILES string of the molecule is C[C@H]1CC[C@H]1CI. The normalized spacial score (nSPS) is 40.3. The quantitative estimate of drug-likeness (QED) is 0.460. The summed E-state index contributed by atoms with van der Waals surface area (Å²) in [6.45, 7) is 2.35. The molecular weight excluding hydrogens is 199 g/mol. The molecule has 1 aliphatic carbocycles. The van der Waals surface area contributed by atoms with Gasteiger partial charge < -0.3 is 0 Å². The molecule has 0 N–H and O–H groups in total. The first kappa shape index (κ1) is 5.86. The van der Waals surface area contributed by atoms with Gasteiger partial charge in [-0.15, -0.1) is 0 Å². The predicted molar refractivity (Wildman–Crippen MR) is 40.8 cm³/mol. The maximum absolute atomic E-state index is 2.48. The maximum atomic E-state index is 2.48. The van der Waals surface area contributed by atoms with Gasteiger partial charge in [0, 0.05) is 4.43 Å². The molecule has 7 heavy (non-hydrogen) atoms. The third kappa shape index (κ3) is 1.09. The Morgan fingerprint density at radius 2 is 2.29 bits per heavy atom. The van der Waals surface area contributed by atoms with E-state index in [0.29, 0.717) is 0 Å². The number of halogens is 1. The Bertz CT molecular complexity index is 59.2. The molecule has 0 spiro atoms. The Labute approximate surface area is 58.8 Å². The summed E-state index contributed by atoms with van der Waals surface area (Å²) in [5.41, 5.74) is 0. The number of rotatable bonds is 1. The summed E-state index contributed by atoms with van der Waals surface area (Å²) in [5.74, 6) is 2.11. The van der Waals surface area contributed by atoms with Gasteiger partial charge in [0.2, 0.25) is 0 Å². The minimum atomic E-state index is 1.04. The zero-order valence-electron chi connectivity index (χ0n) is 4.65. The molecule has 0 unspecified atom stereocenters. The van der Waals surface area contributed by atoms with Crippen molar-refractivity contribution in [3.8, 4) is 0 Å². The zero-order chi connectivity index (χ0) is 5.28. The summed E-state index contributed by atoms with van der Waals surface area (Å²) in [6.07, 6.45) is 2.97. The van der Waals surface area contributed by atoms with Crippen LogP contribution in [0.25, 0.3) is 0 Å². The molecule has 0 heterocycles. The topological polar surface area (TPSA) is 0 Å². The van der Waals surface area contributed by atoms with Gasteiger partial charge in [-0.1, -0.05) is 35.9 Å². The van der Waals surface area contributed by atoms with Crippen LogP contribution in [0.15, 0.2) is 0 Å². The Kier molecular flexibility index (Phi) is 1.95. The van der Waals surface area contributed by atoms with Crippen LogP contribution in [0, 0.1) is 11.8 Å². The van der Waals surface area contributed by atoms with E-state index in [0.717, 1.165) is 11.8 Å². The summed E-state index contributed by atoms with van der Waals surface area (Å²) >= 11 is 2.48. The van der Waals surface area contributed by atoms with E-state index >= 15 is 0 Å². The number of hydrogen-bond donors (Lipinski definition) is 0. The van der Waals surface area contributed by atoms with Crippen LogP contribution < -0.4 is 0 Å². The summed E-state index contributed by atoms with van der Waals surface area (Å²) < 4.78 is 1.37. The number of alkyl halides is 1. The van der Waals surface area contributed by atoms with Crippen molar-refractivity contribution in [1.82, 2.24) is 0 Å². The Balaban J connectivity index is 2.16. The zero-order valence-corrected chi connectivity index (χ0v) is 6.81. The fraction of sp³-hybridized carbons (Fsp3) is 1.00. The lowest BCUT2D eigenvalue weighted by atomic mass is 9.76. The molecular formula is C6H11I. The molecule has 1 fully saturated rings. The van der Waals surface area contributed by atoms with Crippen molar-refractivity contribution in [3.05, 3.63) is 0 Å². The van der Waals surface area contributed by atoms with Crippen LogP contribution in [-0.2, 0) is 0 Å². The maximum Gasteiger partial charge on any atom is 0.00262 e. The van der Waals surface area contributed by atoms with Crippen molar-refractivity contribution in [1.29, 1.82) is 0 Å². The van der Waals surface area contributed by atoms with Crippen molar-refractivity contribution < 1.29 is 0 Å². The first-order valence-corrected chi connectivity index (χ1v) is 4.43. The van der Waals surface area contributed by atoms with Gasteiger partial charge in [-0.05, 0) is 18.3 Å². The number of hydrogen-bond acceptors (Lipinski definition) is 0. The highest BCUT2D eigenvalue weighted by Crippen LogP contribution is 2.34. The van der Waals surface area contributed by atoms with E-state index in [1.807, 2.05) is 0 Å². The molecule has 0 bridgehead atoms. The molecule has 2 atom stereocenters. The highest BCUT2D eigenvalue weighted by molar-refractivity contribution is 14.1. The van der Waals surface area contributed by atoms with Gasteiger partial charge >= 0.3 is 0 Å². The summed E-state index contributed by atoms with van der Waals surface area (Å²) in [7, 11) is 0. The second-order valence-corrected chi connectivity index (χ2v) is 3.35. The van der Waals surface area contributed by atoms with E-state index in [1.165, 1.54) is 17.3 Å². The van der Waals surface area contributed by atoms with E-state index in [2.05, 4.69) is 29.5 Å². The van der Waals surface area contributed by atoms with Crippen LogP contribution >= 0.6 is 22.6 Å². The van der Waals surface area contributed by atoms with Crippen LogP contribution in [0.4, 0.5) is 0 Å². The van der Waals surface area contributed by atoms with Gasteiger partial charge in [0.25, 0.3) is 0 Å². The molecule has 0 aromatic carbocycles. The molecule has 0 amide bonds. The van der Waals surface area contributed by atoms with E-state index in [9.17, 15) is 0 Å². The van der Waals surface area contributed by atoms with Crippen LogP contribution in [0.5, 0.6) is 0 Å². The molecule has 0 nitrogen and oxygen atoms in total. The van der Waals surface area contributed by atoms with E-state index in [-0.39, 0.29) is 0 Å². The molecule has 0 aromatic heterocycles. The Morgan fingerprint density at radius 3 is 2.29 bits per heavy atom. The van der Waals surface area contributed by atoms with Crippen molar-refractivity contribution in [3.63, 3.8) is 0 Å².